The topological polar surface area (TPSA) is 58.2 Å². The molecule has 0 aromatic heterocycles. The monoisotopic (exact) mass is 254 g/mol. The van der Waals surface area contributed by atoms with E-state index in [1.807, 2.05) is 37.3 Å². The highest BCUT2D eigenvalue weighted by molar-refractivity contribution is 7.88. The lowest BCUT2D eigenvalue weighted by Crippen LogP contribution is -2.47. The van der Waals surface area contributed by atoms with Crippen molar-refractivity contribution < 1.29 is 8.42 Å². The quantitative estimate of drug-likeness (QED) is 0.838. The van der Waals surface area contributed by atoms with Crippen LogP contribution in [0.4, 0.5) is 0 Å². The van der Waals surface area contributed by atoms with Crippen LogP contribution >= 0.6 is 0 Å². The van der Waals surface area contributed by atoms with Crippen molar-refractivity contribution >= 4 is 10.0 Å². The smallest absolute Gasteiger partial charge is 0.216 e. The van der Waals surface area contributed by atoms with E-state index >= 15 is 0 Å². The molecule has 1 heterocycles. The highest BCUT2D eigenvalue weighted by Gasteiger charge is 2.32. The van der Waals surface area contributed by atoms with E-state index in [-0.39, 0.29) is 11.3 Å². The van der Waals surface area contributed by atoms with Crippen LogP contribution in [-0.4, -0.2) is 27.0 Å². The first-order valence-electron chi connectivity index (χ1n) is 5.75. The van der Waals surface area contributed by atoms with Crippen molar-refractivity contribution in [2.75, 3.05) is 13.1 Å². The Morgan fingerprint density at radius 3 is 2.65 bits per heavy atom. The van der Waals surface area contributed by atoms with Gasteiger partial charge in [0.05, 0.1) is 5.75 Å². The van der Waals surface area contributed by atoms with Crippen molar-refractivity contribution in [3.8, 4) is 0 Å². The van der Waals surface area contributed by atoms with Gasteiger partial charge in [-0.3, -0.25) is 0 Å². The second-order valence-corrected chi connectivity index (χ2v) is 6.56. The number of benzene rings is 1. The molecule has 0 spiro atoms. The molecular weight excluding hydrogens is 236 g/mol. The number of sulfonamides is 1. The molecule has 94 valence electrons. The van der Waals surface area contributed by atoms with Crippen LogP contribution in [0.2, 0.25) is 0 Å². The maximum atomic E-state index is 12.0. The van der Waals surface area contributed by atoms with Gasteiger partial charge >= 0.3 is 0 Å². The van der Waals surface area contributed by atoms with Gasteiger partial charge in [-0.05, 0) is 25.5 Å². The Morgan fingerprint density at radius 2 is 2.06 bits per heavy atom. The number of hydrogen-bond acceptors (Lipinski definition) is 3. The summed E-state index contributed by atoms with van der Waals surface area (Å²) in [6.07, 6.45) is 0.834. The van der Waals surface area contributed by atoms with Crippen molar-refractivity contribution in [2.24, 2.45) is 0 Å². The third-order valence-corrected chi connectivity index (χ3v) is 4.49. The molecule has 5 heteroatoms. The summed E-state index contributed by atoms with van der Waals surface area (Å²) < 4.78 is 26.8. The molecule has 1 aromatic carbocycles. The third-order valence-electron chi connectivity index (χ3n) is 2.97. The Morgan fingerprint density at radius 1 is 1.35 bits per heavy atom. The zero-order valence-electron chi connectivity index (χ0n) is 9.94. The van der Waals surface area contributed by atoms with Gasteiger partial charge < -0.3 is 5.32 Å². The van der Waals surface area contributed by atoms with E-state index in [0.29, 0.717) is 6.54 Å². The zero-order chi connectivity index (χ0) is 12.4. The second kappa shape index (κ2) is 4.76. The maximum Gasteiger partial charge on any atom is 0.216 e. The van der Waals surface area contributed by atoms with Gasteiger partial charge in [-0.25, -0.2) is 13.1 Å². The first kappa shape index (κ1) is 12.5. The predicted octanol–water partition coefficient (Wildman–Crippen LogP) is 0.858. The first-order chi connectivity index (χ1) is 7.99. The average molecular weight is 254 g/mol. The molecule has 2 N–H and O–H groups in total. The fraction of sp³-hybridized carbons (Fsp3) is 0.500. The van der Waals surface area contributed by atoms with Crippen molar-refractivity contribution in [3.63, 3.8) is 0 Å². The maximum absolute atomic E-state index is 12.0. The van der Waals surface area contributed by atoms with Gasteiger partial charge in [-0.2, -0.15) is 0 Å². The van der Waals surface area contributed by atoms with Crippen molar-refractivity contribution in [1.82, 2.24) is 10.0 Å². The number of rotatable bonds is 4. The van der Waals surface area contributed by atoms with E-state index in [0.717, 1.165) is 18.5 Å². The van der Waals surface area contributed by atoms with E-state index < -0.39 is 10.0 Å². The van der Waals surface area contributed by atoms with E-state index in [1.54, 1.807) is 0 Å². The largest absolute Gasteiger partial charge is 0.315 e. The van der Waals surface area contributed by atoms with Crippen LogP contribution in [0.25, 0.3) is 0 Å². The normalized spacial score (nSPS) is 25.0. The van der Waals surface area contributed by atoms with Crippen LogP contribution in [0, 0.1) is 0 Å². The van der Waals surface area contributed by atoms with Crippen LogP contribution in [-0.2, 0) is 15.8 Å². The van der Waals surface area contributed by atoms with Gasteiger partial charge in [0.1, 0.15) is 0 Å². The van der Waals surface area contributed by atoms with Gasteiger partial charge in [-0.15, -0.1) is 0 Å². The van der Waals surface area contributed by atoms with Crippen LogP contribution in [0.15, 0.2) is 30.3 Å². The summed E-state index contributed by atoms with van der Waals surface area (Å²) in [5, 5.41) is 3.17. The molecule has 0 saturated carbocycles. The molecule has 17 heavy (non-hydrogen) atoms. The van der Waals surface area contributed by atoms with E-state index in [2.05, 4.69) is 10.0 Å². The fourth-order valence-electron chi connectivity index (χ4n) is 2.11. The summed E-state index contributed by atoms with van der Waals surface area (Å²) in [5.41, 5.74) is 0.475. The second-order valence-electron chi connectivity index (χ2n) is 4.83. The molecule has 1 aliphatic heterocycles. The van der Waals surface area contributed by atoms with Crippen LogP contribution in [0.1, 0.15) is 18.9 Å². The minimum Gasteiger partial charge on any atom is -0.315 e. The standard InChI is InChI=1S/C12H18N2O2S/c1-12(7-8-13-10-12)14-17(15,16)9-11-5-3-2-4-6-11/h2-6,13-14H,7-10H2,1H3. The fourth-order valence-corrected chi connectivity index (χ4v) is 3.74. The van der Waals surface area contributed by atoms with E-state index in [4.69, 9.17) is 0 Å². The molecule has 1 unspecified atom stereocenters. The molecule has 0 radical (unpaired) electrons. The summed E-state index contributed by atoms with van der Waals surface area (Å²) >= 11 is 0. The number of nitrogens with one attached hydrogen (secondary N) is 2. The lowest BCUT2D eigenvalue weighted by atomic mass is 10.0. The molecule has 0 amide bonds. The highest BCUT2D eigenvalue weighted by atomic mass is 32.2. The zero-order valence-corrected chi connectivity index (χ0v) is 10.8. The lowest BCUT2D eigenvalue weighted by molar-refractivity contribution is 0.451. The minimum atomic E-state index is -3.27. The van der Waals surface area contributed by atoms with Gasteiger partial charge in [-0.1, -0.05) is 30.3 Å². The van der Waals surface area contributed by atoms with Crippen LogP contribution in [0.3, 0.4) is 0 Å². The Balaban J connectivity index is 2.05. The van der Waals surface area contributed by atoms with E-state index in [1.165, 1.54) is 0 Å². The molecule has 4 nitrogen and oxygen atoms in total. The average Bonchev–Trinajstić information content (AvgIpc) is 2.64. The van der Waals surface area contributed by atoms with Crippen molar-refractivity contribution in [1.29, 1.82) is 0 Å². The SMILES string of the molecule is CC1(NS(=O)(=O)Cc2ccccc2)CCNC1. The molecule has 1 aromatic rings. The van der Waals surface area contributed by atoms with Gasteiger partial charge in [0.25, 0.3) is 0 Å². The first-order valence-corrected chi connectivity index (χ1v) is 7.41. The van der Waals surface area contributed by atoms with Crippen molar-refractivity contribution in [3.05, 3.63) is 35.9 Å². The van der Waals surface area contributed by atoms with Gasteiger partial charge in [0.15, 0.2) is 0 Å². The predicted molar refractivity (Wildman–Crippen MR) is 68.1 cm³/mol. The summed E-state index contributed by atoms with van der Waals surface area (Å²) in [4.78, 5) is 0. The Kier molecular flexibility index (Phi) is 3.51. The van der Waals surface area contributed by atoms with Crippen LogP contribution in [0.5, 0.6) is 0 Å². The Bertz CT molecular complexity index is 465. The molecule has 1 aliphatic rings. The molecular formula is C12H18N2O2S. The molecule has 1 fully saturated rings. The summed E-state index contributed by atoms with van der Waals surface area (Å²) in [6.45, 7) is 3.50. The third kappa shape index (κ3) is 3.52. The van der Waals surface area contributed by atoms with Crippen LogP contribution < -0.4 is 10.0 Å². The molecule has 0 bridgehead atoms. The summed E-state index contributed by atoms with van der Waals surface area (Å²) in [7, 11) is -3.27. The van der Waals surface area contributed by atoms with Gasteiger partial charge in [0.2, 0.25) is 10.0 Å². The summed E-state index contributed by atoms with van der Waals surface area (Å²) in [5.74, 6) is 0.0451. The Labute approximate surface area is 102 Å². The molecule has 0 aliphatic carbocycles. The molecule has 2 rings (SSSR count). The van der Waals surface area contributed by atoms with Crippen molar-refractivity contribution in [2.45, 2.75) is 24.6 Å². The van der Waals surface area contributed by atoms with Gasteiger partial charge in [0, 0.05) is 12.1 Å². The number of hydrogen-bond donors (Lipinski definition) is 2. The minimum absolute atomic E-state index is 0.0451. The Hall–Kier alpha value is -0.910. The summed E-state index contributed by atoms with van der Waals surface area (Å²) in [6, 6.07) is 9.24. The lowest BCUT2D eigenvalue weighted by Gasteiger charge is -2.24. The molecule has 1 saturated heterocycles. The van der Waals surface area contributed by atoms with E-state index in [9.17, 15) is 8.42 Å². The highest BCUT2D eigenvalue weighted by Crippen LogP contribution is 2.16. The molecule has 1 atom stereocenters.